The first-order chi connectivity index (χ1) is 13.3. The lowest BCUT2D eigenvalue weighted by molar-refractivity contribution is -0.129. The Bertz CT molecular complexity index is 943. The number of thiophene rings is 1. The minimum absolute atomic E-state index is 0.164. The number of fused-ring (bicyclic) bond motifs is 1. The van der Waals surface area contributed by atoms with Crippen molar-refractivity contribution in [3.05, 3.63) is 51.9 Å². The van der Waals surface area contributed by atoms with Gasteiger partial charge in [-0.25, -0.2) is 0 Å². The van der Waals surface area contributed by atoms with E-state index in [1.807, 2.05) is 17.0 Å². The zero-order valence-electron chi connectivity index (χ0n) is 14.8. The highest BCUT2D eigenvalue weighted by Crippen LogP contribution is 2.40. The fourth-order valence-corrected chi connectivity index (χ4v) is 5.17. The molecule has 1 aliphatic carbocycles. The topological polar surface area (TPSA) is 64.2 Å². The van der Waals surface area contributed by atoms with Gasteiger partial charge in [0.2, 0.25) is 5.91 Å². The summed E-state index contributed by atoms with van der Waals surface area (Å²) < 4.78 is 7.62. The highest BCUT2D eigenvalue weighted by Gasteiger charge is 2.31. The molecular weight excluding hydrogens is 380 g/mol. The third kappa shape index (κ3) is 3.55. The lowest BCUT2D eigenvalue weighted by Gasteiger charge is -2.26. The van der Waals surface area contributed by atoms with E-state index in [-0.39, 0.29) is 5.91 Å². The van der Waals surface area contributed by atoms with Crippen molar-refractivity contribution in [2.75, 3.05) is 12.3 Å². The van der Waals surface area contributed by atoms with Gasteiger partial charge in [-0.2, -0.15) is 0 Å². The quantitative estimate of drug-likeness (QED) is 0.592. The first kappa shape index (κ1) is 17.1. The van der Waals surface area contributed by atoms with Crippen LogP contribution >= 0.6 is 23.1 Å². The maximum Gasteiger partial charge on any atom is 0.233 e. The van der Waals surface area contributed by atoms with E-state index in [0.29, 0.717) is 18.2 Å². The Labute approximate surface area is 165 Å². The lowest BCUT2D eigenvalue weighted by atomic mass is 10.1. The monoisotopic (exact) mass is 400 g/mol. The van der Waals surface area contributed by atoms with Crippen LogP contribution in [0, 0.1) is 0 Å². The van der Waals surface area contributed by atoms with Gasteiger partial charge in [0.25, 0.3) is 0 Å². The summed E-state index contributed by atoms with van der Waals surface area (Å²) in [5.41, 5.74) is 1.29. The van der Waals surface area contributed by atoms with Gasteiger partial charge >= 0.3 is 0 Å². The van der Waals surface area contributed by atoms with Gasteiger partial charge in [0.05, 0.1) is 18.6 Å². The van der Waals surface area contributed by atoms with Crippen molar-refractivity contribution in [2.24, 2.45) is 0 Å². The molecule has 0 aromatic carbocycles. The number of rotatable bonds is 6. The Balaban J connectivity index is 1.27. The summed E-state index contributed by atoms with van der Waals surface area (Å²) in [5.74, 6) is 2.95. The summed E-state index contributed by atoms with van der Waals surface area (Å²) in [5, 5.41) is 11.7. The molecule has 0 N–H and O–H groups in total. The largest absolute Gasteiger partial charge is 0.467 e. The Kier molecular flexibility index (Phi) is 4.53. The van der Waals surface area contributed by atoms with E-state index in [2.05, 4.69) is 26.2 Å². The van der Waals surface area contributed by atoms with Crippen LogP contribution in [0.25, 0.3) is 0 Å². The predicted octanol–water partition coefficient (Wildman–Crippen LogP) is 3.54. The number of amides is 1. The van der Waals surface area contributed by atoms with Crippen LogP contribution in [-0.4, -0.2) is 37.9 Å². The van der Waals surface area contributed by atoms with Crippen LogP contribution in [0.3, 0.4) is 0 Å². The number of aromatic nitrogens is 3. The number of hydrogen-bond donors (Lipinski definition) is 0. The van der Waals surface area contributed by atoms with E-state index < -0.39 is 0 Å². The summed E-state index contributed by atoms with van der Waals surface area (Å²) in [6.45, 7) is 2.15. The third-order valence-electron chi connectivity index (χ3n) is 5.07. The molecule has 3 aromatic rings. The van der Waals surface area contributed by atoms with Gasteiger partial charge in [0, 0.05) is 23.9 Å². The number of thioether (sulfide) groups is 1. The van der Waals surface area contributed by atoms with Gasteiger partial charge in [-0.15, -0.1) is 21.5 Å². The molecule has 1 saturated carbocycles. The molecule has 8 heteroatoms. The van der Waals surface area contributed by atoms with Crippen LogP contribution in [0.2, 0.25) is 0 Å². The molecule has 1 amide bonds. The Hall–Kier alpha value is -2.06. The molecular formula is C19H20N4O2S2. The van der Waals surface area contributed by atoms with Gasteiger partial charge in [-0.1, -0.05) is 11.8 Å². The van der Waals surface area contributed by atoms with Crippen molar-refractivity contribution in [3.63, 3.8) is 0 Å². The zero-order valence-corrected chi connectivity index (χ0v) is 16.5. The van der Waals surface area contributed by atoms with Gasteiger partial charge in [0.15, 0.2) is 5.16 Å². The number of carbonyl (C=O) groups is 1. The maximum absolute atomic E-state index is 12.7. The van der Waals surface area contributed by atoms with Crippen molar-refractivity contribution in [3.8, 4) is 0 Å². The van der Waals surface area contributed by atoms with Gasteiger partial charge < -0.3 is 9.32 Å². The molecule has 0 spiro atoms. The minimum Gasteiger partial charge on any atom is -0.467 e. The van der Waals surface area contributed by atoms with Gasteiger partial charge in [-0.05, 0) is 48.4 Å². The van der Waals surface area contributed by atoms with Crippen LogP contribution in [0.4, 0.5) is 0 Å². The van der Waals surface area contributed by atoms with Crippen molar-refractivity contribution in [2.45, 2.75) is 43.4 Å². The van der Waals surface area contributed by atoms with Gasteiger partial charge in [0.1, 0.15) is 11.6 Å². The first-order valence-corrected chi connectivity index (χ1v) is 11.1. The van der Waals surface area contributed by atoms with Gasteiger partial charge in [-0.3, -0.25) is 9.36 Å². The Morgan fingerprint density at radius 3 is 3.07 bits per heavy atom. The molecule has 0 unspecified atom stereocenters. The predicted molar refractivity (Wildman–Crippen MR) is 104 cm³/mol. The first-order valence-electron chi connectivity index (χ1n) is 9.19. The molecule has 2 aliphatic rings. The fourth-order valence-electron chi connectivity index (χ4n) is 3.44. The van der Waals surface area contributed by atoms with E-state index in [4.69, 9.17) is 4.42 Å². The van der Waals surface area contributed by atoms with Crippen molar-refractivity contribution < 1.29 is 9.21 Å². The third-order valence-corrected chi connectivity index (χ3v) is 7.04. The highest BCUT2D eigenvalue weighted by molar-refractivity contribution is 7.99. The summed E-state index contributed by atoms with van der Waals surface area (Å²) in [7, 11) is 0. The minimum atomic E-state index is 0.164. The van der Waals surface area contributed by atoms with E-state index in [0.717, 1.165) is 49.1 Å². The number of hydrogen-bond acceptors (Lipinski definition) is 6. The molecule has 0 saturated heterocycles. The molecule has 27 heavy (non-hydrogen) atoms. The summed E-state index contributed by atoms with van der Waals surface area (Å²) in [6.07, 6.45) is 4.97. The average Bonchev–Trinajstić information content (AvgIpc) is 3.09. The highest BCUT2D eigenvalue weighted by atomic mass is 32.2. The van der Waals surface area contributed by atoms with E-state index in [1.165, 1.54) is 22.2 Å². The fraction of sp³-hybridized carbons (Fsp3) is 0.421. The summed E-state index contributed by atoms with van der Waals surface area (Å²) in [4.78, 5) is 16.1. The SMILES string of the molecule is O=C(CSc1nnc(C2CC2)n1Cc1ccco1)N1CCc2sccc2C1. The van der Waals surface area contributed by atoms with E-state index >= 15 is 0 Å². The molecule has 1 fully saturated rings. The second kappa shape index (κ2) is 7.16. The second-order valence-corrected chi connectivity index (χ2v) is 8.95. The van der Waals surface area contributed by atoms with Crippen LogP contribution in [0.15, 0.2) is 39.4 Å². The standard InChI is InChI=1S/C19H20N4O2S2/c24-17(22-7-5-16-14(10-22)6-9-26-16)12-27-19-21-20-18(13-3-4-13)23(19)11-15-2-1-8-25-15/h1-2,6,8-9,13H,3-5,7,10-12H2. The summed E-state index contributed by atoms with van der Waals surface area (Å²) >= 11 is 3.27. The normalized spacial score (nSPS) is 16.5. The smallest absolute Gasteiger partial charge is 0.233 e. The molecule has 0 radical (unpaired) electrons. The summed E-state index contributed by atoms with van der Waals surface area (Å²) in [6, 6.07) is 5.98. The van der Waals surface area contributed by atoms with Crippen molar-refractivity contribution >= 4 is 29.0 Å². The molecule has 5 rings (SSSR count). The molecule has 6 nitrogen and oxygen atoms in total. The number of carbonyl (C=O) groups excluding carboxylic acids is 1. The van der Waals surface area contributed by atoms with Crippen LogP contribution < -0.4 is 0 Å². The average molecular weight is 401 g/mol. The van der Waals surface area contributed by atoms with Crippen LogP contribution in [0.5, 0.6) is 0 Å². The van der Waals surface area contributed by atoms with Crippen molar-refractivity contribution in [1.29, 1.82) is 0 Å². The molecule has 4 heterocycles. The Morgan fingerprint density at radius 2 is 2.26 bits per heavy atom. The maximum atomic E-state index is 12.7. The van der Waals surface area contributed by atoms with E-state index in [1.54, 1.807) is 17.6 Å². The number of nitrogens with zero attached hydrogens (tertiary/aromatic N) is 4. The van der Waals surface area contributed by atoms with Crippen molar-refractivity contribution in [1.82, 2.24) is 19.7 Å². The molecule has 140 valence electrons. The second-order valence-electron chi connectivity index (χ2n) is 7.00. The molecule has 1 aliphatic heterocycles. The number of furan rings is 1. The van der Waals surface area contributed by atoms with Crippen LogP contribution in [-0.2, 0) is 24.3 Å². The lowest BCUT2D eigenvalue weighted by Crippen LogP contribution is -2.36. The molecule has 0 atom stereocenters. The molecule has 3 aromatic heterocycles. The van der Waals surface area contributed by atoms with Crippen LogP contribution in [0.1, 0.15) is 40.8 Å². The van der Waals surface area contributed by atoms with E-state index in [9.17, 15) is 4.79 Å². The zero-order chi connectivity index (χ0) is 18.2. The molecule has 0 bridgehead atoms. The Morgan fingerprint density at radius 1 is 1.33 bits per heavy atom.